The first-order valence-corrected chi connectivity index (χ1v) is 5.26. The molecular weight excluding hydrogens is 188 g/mol. The fourth-order valence-corrected chi connectivity index (χ4v) is 1.13. The smallest absolute Gasteiger partial charge is 0.0902 e. The summed E-state index contributed by atoms with van der Waals surface area (Å²) >= 11 is 0. The van der Waals surface area contributed by atoms with Crippen LogP contribution in [0, 0.1) is 0 Å². The fourth-order valence-electron chi connectivity index (χ4n) is 1.13. The molecule has 3 rings (SSSR count). The molecule has 3 heteroatoms. The molecule has 0 aliphatic carbocycles. The summed E-state index contributed by atoms with van der Waals surface area (Å²) in [6, 6.07) is 7.56. The second-order valence-electron chi connectivity index (χ2n) is 3.14. The van der Waals surface area contributed by atoms with E-state index >= 15 is 0 Å². The van der Waals surface area contributed by atoms with Crippen LogP contribution in [0.15, 0.2) is 53.6 Å². The minimum absolute atomic E-state index is 1.25. The zero-order chi connectivity index (χ0) is 10.6. The normalized spacial score (nSPS) is 13.3. The van der Waals surface area contributed by atoms with Gasteiger partial charge < -0.3 is 14.7 Å². The van der Waals surface area contributed by atoms with Crippen LogP contribution in [0.1, 0.15) is 12.8 Å². The van der Waals surface area contributed by atoms with Gasteiger partial charge in [0, 0.05) is 12.4 Å². The van der Waals surface area contributed by atoms with Crippen LogP contribution in [0.3, 0.4) is 0 Å². The molecule has 3 heterocycles. The Bertz CT molecular complexity index is 204. The number of aromatic amines is 1. The average Bonchev–Trinajstić information content (AvgIpc) is 3.09. The molecule has 2 aromatic rings. The van der Waals surface area contributed by atoms with Crippen molar-refractivity contribution in [3.63, 3.8) is 0 Å². The minimum Gasteiger partial charge on any atom is -0.473 e. The lowest BCUT2D eigenvalue weighted by Gasteiger charge is -1.76. The van der Waals surface area contributed by atoms with Gasteiger partial charge in [-0.3, -0.25) is 0 Å². The summed E-state index contributed by atoms with van der Waals surface area (Å²) in [6.45, 7) is 2.50. The van der Waals surface area contributed by atoms with Gasteiger partial charge in [0.2, 0.25) is 0 Å². The summed E-state index contributed by atoms with van der Waals surface area (Å²) in [5, 5.41) is 3.22. The van der Waals surface area contributed by atoms with Gasteiger partial charge in [-0.15, -0.1) is 0 Å². The van der Waals surface area contributed by atoms with Crippen LogP contribution in [-0.2, 0) is 0 Å². The first-order valence-electron chi connectivity index (χ1n) is 5.26. The Morgan fingerprint density at radius 2 is 1.40 bits per heavy atom. The molecule has 1 aliphatic heterocycles. The van der Waals surface area contributed by atoms with Crippen LogP contribution in [0.25, 0.3) is 0 Å². The van der Waals surface area contributed by atoms with E-state index in [-0.39, 0.29) is 0 Å². The topological polar surface area (TPSA) is 41.0 Å². The van der Waals surface area contributed by atoms with Crippen molar-refractivity contribution in [1.82, 2.24) is 10.3 Å². The van der Waals surface area contributed by atoms with E-state index in [9.17, 15) is 0 Å². The second kappa shape index (κ2) is 9.09. The monoisotopic (exact) mass is 206 g/mol. The van der Waals surface area contributed by atoms with E-state index in [1.165, 1.54) is 25.9 Å². The summed E-state index contributed by atoms with van der Waals surface area (Å²) in [4.78, 5) is 2.86. The van der Waals surface area contributed by atoms with Crippen LogP contribution in [-0.4, -0.2) is 18.1 Å². The molecular formula is C12H18N2O. The molecule has 2 aromatic heterocycles. The SMILES string of the molecule is C1CCNC1.c1cc[nH]c1.c1ccoc1. The lowest BCUT2D eigenvalue weighted by molar-refractivity contribution is 0.567. The summed E-state index contributed by atoms with van der Waals surface area (Å²) < 4.78 is 4.58. The van der Waals surface area contributed by atoms with Gasteiger partial charge >= 0.3 is 0 Å². The zero-order valence-corrected chi connectivity index (χ0v) is 8.86. The van der Waals surface area contributed by atoms with Crippen LogP contribution in [0.5, 0.6) is 0 Å². The molecule has 1 saturated heterocycles. The average molecular weight is 206 g/mol. The molecule has 3 nitrogen and oxygen atoms in total. The van der Waals surface area contributed by atoms with E-state index in [4.69, 9.17) is 0 Å². The number of hydrogen-bond acceptors (Lipinski definition) is 2. The van der Waals surface area contributed by atoms with E-state index in [2.05, 4.69) is 14.7 Å². The standard InChI is InChI=1S/C4H9N.C4H5N.C4H4O/c3*1-2-4-5-3-1/h5H,1-4H2;1-5H;1-4H. The van der Waals surface area contributed by atoms with Crippen LogP contribution in [0.4, 0.5) is 0 Å². The molecule has 1 aliphatic rings. The fraction of sp³-hybridized carbons (Fsp3) is 0.333. The van der Waals surface area contributed by atoms with Crippen LogP contribution >= 0.6 is 0 Å². The summed E-state index contributed by atoms with van der Waals surface area (Å²) in [6.07, 6.45) is 9.78. The minimum atomic E-state index is 1.25. The number of H-pyrrole nitrogens is 1. The first kappa shape index (κ1) is 11.6. The highest BCUT2D eigenvalue weighted by molar-refractivity contribution is 4.84. The number of furan rings is 1. The van der Waals surface area contributed by atoms with E-state index in [1.807, 2.05) is 36.7 Å². The van der Waals surface area contributed by atoms with Gasteiger partial charge in [-0.05, 0) is 50.2 Å². The van der Waals surface area contributed by atoms with Crippen molar-refractivity contribution < 1.29 is 4.42 Å². The Balaban J connectivity index is 0.000000112. The maximum atomic E-state index is 4.58. The molecule has 1 fully saturated rings. The van der Waals surface area contributed by atoms with Gasteiger partial charge in [0.1, 0.15) is 0 Å². The number of rotatable bonds is 0. The van der Waals surface area contributed by atoms with E-state index in [0.29, 0.717) is 0 Å². The zero-order valence-electron chi connectivity index (χ0n) is 8.86. The third kappa shape index (κ3) is 7.58. The predicted molar refractivity (Wildman–Crippen MR) is 61.6 cm³/mol. The van der Waals surface area contributed by atoms with Gasteiger partial charge in [-0.2, -0.15) is 0 Å². The summed E-state index contributed by atoms with van der Waals surface area (Å²) in [5.41, 5.74) is 0. The Kier molecular flexibility index (Phi) is 7.03. The van der Waals surface area contributed by atoms with Crippen molar-refractivity contribution in [2.45, 2.75) is 12.8 Å². The van der Waals surface area contributed by atoms with Gasteiger partial charge in [0.15, 0.2) is 0 Å². The molecule has 82 valence electrons. The maximum Gasteiger partial charge on any atom is 0.0902 e. The molecule has 0 saturated carbocycles. The molecule has 0 aromatic carbocycles. The lowest BCUT2D eigenvalue weighted by atomic mass is 10.4. The third-order valence-corrected chi connectivity index (χ3v) is 1.88. The molecule has 15 heavy (non-hydrogen) atoms. The van der Waals surface area contributed by atoms with Crippen molar-refractivity contribution in [3.05, 3.63) is 49.2 Å². The molecule has 0 spiro atoms. The van der Waals surface area contributed by atoms with Crippen molar-refractivity contribution in [2.75, 3.05) is 13.1 Å². The summed E-state index contributed by atoms with van der Waals surface area (Å²) in [7, 11) is 0. The molecule has 2 N–H and O–H groups in total. The van der Waals surface area contributed by atoms with Crippen molar-refractivity contribution in [1.29, 1.82) is 0 Å². The van der Waals surface area contributed by atoms with Gasteiger partial charge in [-0.25, -0.2) is 0 Å². The van der Waals surface area contributed by atoms with E-state index < -0.39 is 0 Å². The van der Waals surface area contributed by atoms with Gasteiger partial charge in [0.05, 0.1) is 12.5 Å². The van der Waals surface area contributed by atoms with Crippen molar-refractivity contribution >= 4 is 0 Å². The Morgan fingerprint density at radius 3 is 1.60 bits per heavy atom. The third-order valence-electron chi connectivity index (χ3n) is 1.88. The summed E-state index contributed by atoms with van der Waals surface area (Å²) in [5.74, 6) is 0. The van der Waals surface area contributed by atoms with Crippen LogP contribution in [0.2, 0.25) is 0 Å². The predicted octanol–water partition coefficient (Wildman–Crippen LogP) is 2.66. The van der Waals surface area contributed by atoms with Gasteiger partial charge in [-0.1, -0.05) is 0 Å². The second-order valence-corrected chi connectivity index (χ2v) is 3.14. The van der Waals surface area contributed by atoms with E-state index in [0.717, 1.165) is 0 Å². The highest BCUT2D eigenvalue weighted by atomic mass is 16.3. The highest BCUT2D eigenvalue weighted by Crippen LogP contribution is 1.90. The quantitative estimate of drug-likeness (QED) is 0.695. The number of hydrogen-bond donors (Lipinski definition) is 2. The first-order chi connectivity index (χ1) is 7.50. The highest BCUT2D eigenvalue weighted by Gasteiger charge is 1.93. The van der Waals surface area contributed by atoms with Crippen molar-refractivity contribution in [3.8, 4) is 0 Å². The van der Waals surface area contributed by atoms with Crippen LogP contribution < -0.4 is 5.32 Å². The number of nitrogens with one attached hydrogen (secondary N) is 2. The Morgan fingerprint density at radius 1 is 0.800 bits per heavy atom. The lowest BCUT2D eigenvalue weighted by Crippen LogP contribution is -2.03. The largest absolute Gasteiger partial charge is 0.473 e. The molecule has 0 radical (unpaired) electrons. The van der Waals surface area contributed by atoms with Crippen molar-refractivity contribution in [2.24, 2.45) is 0 Å². The van der Waals surface area contributed by atoms with Gasteiger partial charge in [0.25, 0.3) is 0 Å². The van der Waals surface area contributed by atoms with E-state index in [1.54, 1.807) is 12.5 Å². The number of aromatic nitrogens is 1. The molecule has 0 atom stereocenters. The Labute approximate surface area is 90.5 Å². The molecule has 0 unspecified atom stereocenters. The molecule has 0 bridgehead atoms. The molecule has 0 amide bonds. The Hall–Kier alpha value is -1.48. The maximum absolute atomic E-state index is 4.58.